The standard InChI is InChI=1S/C41H43NO12/c1-19-17-40-26-28(53-37(48)23-13-9-7-10-14-23)25(19)29(50-20(2)44)32(40)41-31(27(34(40)47)42(6)33(26)41)39(5,18-43)35(51-21(3)45)30(36(41)52-22(4)46)54-38(49)24-15-11-8-12-16-24/h7-16,18,25-36,47H,1,17H2,2-6H3/t25-,26+,27+,28+,29+,30-,31+,32+,33+,34+,35-,36+,39+,40-,41+/m0/s1. The maximum atomic E-state index is 14.0. The summed E-state index contributed by atoms with van der Waals surface area (Å²) in [5, 5.41) is 12.9. The molecule has 8 aliphatic rings. The van der Waals surface area contributed by atoms with Gasteiger partial charge in [-0.3, -0.25) is 19.3 Å². The molecule has 2 aliphatic heterocycles. The second-order valence-corrected chi connectivity index (χ2v) is 16.1. The van der Waals surface area contributed by atoms with E-state index in [-0.39, 0.29) is 12.0 Å². The summed E-state index contributed by atoms with van der Waals surface area (Å²) in [4.78, 5) is 83.0. The van der Waals surface area contributed by atoms with Crippen LogP contribution in [0.2, 0.25) is 0 Å². The van der Waals surface area contributed by atoms with Crippen LogP contribution < -0.4 is 0 Å². The van der Waals surface area contributed by atoms with Crippen molar-refractivity contribution in [3.05, 3.63) is 83.9 Å². The fourth-order valence-electron chi connectivity index (χ4n) is 12.7. The van der Waals surface area contributed by atoms with E-state index in [1.807, 2.05) is 4.90 Å². The minimum Gasteiger partial charge on any atom is -0.461 e. The Labute approximate surface area is 311 Å². The molecule has 15 atom stereocenters. The third-order valence-electron chi connectivity index (χ3n) is 13.7. The summed E-state index contributed by atoms with van der Waals surface area (Å²) in [6.45, 7) is 9.63. The highest BCUT2D eigenvalue weighted by Crippen LogP contribution is 2.85. The van der Waals surface area contributed by atoms with Crippen molar-refractivity contribution in [1.82, 2.24) is 4.90 Å². The van der Waals surface area contributed by atoms with E-state index < -0.39 is 118 Å². The van der Waals surface area contributed by atoms with Gasteiger partial charge in [-0.25, -0.2) is 9.59 Å². The Morgan fingerprint density at radius 2 is 1.28 bits per heavy atom. The fraction of sp³-hybridized carbons (Fsp3) is 0.512. The second-order valence-electron chi connectivity index (χ2n) is 16.1. The van der Waals surface area contributed by atoms with Gasteiger partial charge >= 0.3 is 29.8 Å². The number of carbonyl (C=O) groups is 6. The minimum absolute atomic E-state index is 0.163. The Balaban J connectivity index is 1.39. The maximum Gasteiger partial charge on any atom is 0.338 e. The van der Waals surface area contributed by atoms with Crippen molar-refractivity contribution in [1.29, 1.82) is 0 Å². The van der Waals surface area contributed by atoms with E-state index in [4.69, 9.17) is 23.7 Å². The Morgan fingerprint density at radius 3 is 1.80 bits per heavy atom. The van der Waals surface area contributed by atoms with E-state index in [1.165, 1.54) is 20.8 Å². The molecule has 0 amide bonds. The summed E-state index contributed by atoms with van der Waals surface area (Å²) in [5.41, 5.74) is -3.13. The Hall–Kier alpha value is -4.88. The average Bonchev–Trinajstić information content (AvgIpc) is 3.46. The molecule has 13 heteroatoms. The van der Waals surface area contributed by atoms with Gasteiger partial charge in [0.15, 0.2) is 18.3 Å². The first kappa shape index (κ1) is 36.1. The van der Waals surface area contributed by atoms with Crippen LogP contribution in [0.4, 0.5) is 0 Å². The Bertz CT molecular complexity index is 1950. The van der Waals surface area contributed by atoms with Crippen LogP contribution in [0.15, 0.2) is 72.8 Å². The van der Waals surface area contributed by atoms with Crippen molar-refractivity contribution in [3.63, 3.8) is 0 Å². The first-order valence-electron chi connectivity index (χ1n) is 18.2. The number of hydrogen-bond acceptors (Lipinski definition) is 13. The lowest BCUT2D eigenvalue weighted by Crippen LogP contribution is -2.79. The van der Waals surface area contributed by atoms with Crippen LogP contribution in [0.3, 0.4) is 0 Å². The van der Waals surface area contributed by atoms with Gasteiger partial charge < -0.3 is 33.6 Å². The number of esters is 5. The number of likely N-dealkylation sites (N-methyl/N-ethyl adjacent to an activating group) is 1. The number of aldehydes is 1. The second kappa shape index (κ2) is 12.3. The van der Waals surface area contributed by atoms with Gasteiger partial charge in [-0.15, -0.1) is 0 Å². The topological polar surface area (TPSA) is 172 Å². The van der Waals surface area contributed by atoms with Gasteiger partial charge in [-0.2, -0.15) is 0 Å². The van der Waals surface area contributed by atoms with E-state index >= 15 is 0 Å². The van der Waals surface area contributed by atoms with Crippen LogP contribution in [0.5, 0.6) is 0 Å². The summed E-state index contributed by atoms with van der Waals surface area (Å²) in [5.74, 6) is -6.72. The van der Waals surface area contributed by atoms with E-state index in [1.54, 1.807) is 74.6 Å². The number of rotatable bonds is 8. The van der Waals surface area contributed by atoms with E-state index in [0.717, 1.165) is 0 Å². The van der Waals surface area contributed by atoms with Crippen LogP contribution in [0.1, 0.15) is 54.8 Å². The normalized spacial score (nSPS) is 42.1. The van der Waals surface area contributed by atoms with E-state index in [9.17, 15) is 33.9 Å². The predicted molar refractivity (Wildman–Crippen MR) is 186 cm³/mol. The lowest BCUT2D eigenvalue weighted by Gasteiger charge is -2.70. The summed E-state index contributed by atoms with van der Waals surface area (Å²) in [6.07, 6.45) is -6.72. The van der Waals surface area contributed by atoms with Gasteiger partial charge in [0.05, 0.1) is 28.6 Å². The smallest absolute Gasteiger partial charge is 0.338 e. The zero-order valence-corrected chi connectivity index (χ0v) is 30.6. The summed E-state index contributed by atoms with van der Waals surface area (Å²) < 4.78 is 31.3. The molecule has 0 radical (unpaired) electrons. The highest BCUT2D eigenvalue weighted by Gasteiger charge is 2.95. The SMILES string of the molecule is C=C1C[C@]23[C@@H]4[C@H](OC(=O)c5ccccc5)[C@H]1[C@@H](OC(C)=O)[C@H]2[C@]12[C@H](OC(C)=O)[C@@H](OC(=O)c5ccccc5)[C@H](OC(C)=O)[C@](C)(C=O)[C@H]1[C@H]([C@H]3O)N(C)[C@H]42. The van der Waals surface area contributed by atoms with Gasteiger partial charge in [0, 0.05) is 61.4 Å². The number of nitrogens with zero attached hydrogens (tertiary/aromatic N) is 1. The number of ether oxygens (including phenoxy) is 5. The number of fused-ring (bicyclic) bond motifs is 1. The lowest BCUT2D eigenvalue weighted by atomic mass is 9.37. The molecule has 284 valence electrons. The number of aliphatic hydroxyl groups is 1. The van der Waals surface area contributed by atoms with Crippen molar-refractivity contribution < 1.29 is 57.6 Å². The third-order valence-corrected chi connectivity index (χ3v) is 13.7. The van der Waals surface area contributed by atoms with Gasteiger partial charge in [-0.1, -0.05) is 48.6 Å². The summed E-state index contributed by atoms with van der Waals surface area (Å²) >= 11 is 0. The first-order chi connectivity index (χ1) is 25.7. The molecule has 0 unspecified atom stereocenters. The first-order valence-corrected chi connectivity index (χ1v) is 18.2. The molecule has 2 saturated heterocycles. The summed E-state index contributed by atoms with van der Waals surface area (Å²) in [7, 11) is 1.80. The van der Waals surface area contributed by atoms with Gasteiger partial charge in [0.25, 0.3) is 0 Å². The molecule has 13 nitrogen and oxygen atoms in total. The largest absolute Gasteiger partial charge is 0.461 e. The molecule has 2 aromatic rings. The van der Waals surface area contributed by atoms with Crippen LogP contribution >= 0.6 is 0 Å². The molecule has 6 saturated carbocycles. The molecule has 2 aromatic carbocycles. The monoisotopic (exact) mass is 741 g/mol. The van der Waals surface area contributed by atoms with E-state index in [2.05, 4.69) is 6.58 Å². The van der Waals surface area contributed by atoms with Crippen LogP contribution in [-0.2, 0) is 42.9 Å². The highest BCUT2D eigenvalue weighted by molar-refractivity contribution is 5.90. The third kappa shape index (κ3) is 4.51. The lowest BCUT2D eigenvalue weighted by molar-refractivity contribution is -0.301. The number of aliphatic hydroxyl groups excluding tert-OH is 1. The quantitative estimate of drug-likeness (QED) is 0.181. The van der Waals surface area contributed by atoms with Crippen molar-refractivity contribution >= 4 is 36.1 Å². The van der Waals surface area contributed by atoms with E-state index in [0.29, 0.717) is 17.4 Å². The summed E-state index contributed by atoms with van der Waals surface area (Å²) in [6, 6.07) is 15.1. The Kier molecular flexibility index (Phi) is 8.24. The van der Waals surface area contributed by atoms with Crippen LogP contribution in [0, 0.1) is 39.9 Å². The van der Waals surface area contributed by atoms with Crippen molar-refractivity contribution in [3.8, 4) is 0 Å². The molecule has 6 aliphatic carbocycles. The molecule has 54 heavy (non-hydrogen) atoms. The van der Waals surface area contributed by atoms with Gasteiger partial charge in [0.2, 0.25) is 0 Å². The number of piperidine rings is 1. The minimum atomic E-state index is -1.66. The molecular formula is C41H43NO12. The average molecular weight is 742 g/mol. The van der Waals surface area contributed by atoms with Crippen molar-refractivity contribution in [2.45, 2.75) is 82.8 Å². The fourth-order valence-corrected chi connectivity index (χ4v) is 12.7. The number of carbonyl (C=O) groups excluding carboxylic acids is 6. The van der Waals surface area contributed by atoms with Crippen molar-refractivity contribution in [2.75, 3.05) is 7.05 Å². The van der Waals surface area contributed by atoms with Gasteiger partial charge in [0.1, 0.15) is 18.5 Å². The predicted octanol–water partition coefficient (Wildman–Crippen LogP) is 2.93. The highest BCUT2D eigenvalue weighted by atomic mass is 16.6. The van der Waals surface area contributed by atoms with Crippen molar-refractivity contribution in [2.24, 2.45) is 39.9 Å². The zero-order valence-electron chi connectivity index (χ0n) is 30.6. The molecule has 1 N–H and O–H groups in total. The van der Waals surface area contributed by atoms with Gasteiger partial charge in [-0.05, 0) is 44.7 Å². The zero-order chi connectivity index (χ0) is 38.6. The number of benzene rings is 2. The number of hydrogen-bond donors (Lipinski definition) is 1. The molecule has 2 spiro atoms. The molecule has 8 fully saturated rings. The molecule has 7 bridgehead atoms. The maximum absolute atomic E-state index is 14.0. The van der Waals surface area contributed by atoms with Crippen LogP contribution in [0.25, 0.3) is 0 Å². The molecular weight excluding hydrogens is 698 g/mol. The Morgan fingerprint density at radius 1 is 0.759 bits per heavy atom. The molecule has 2 heterocycles. The van der Waals surface area contributed by atoms with Crippen LogP contribution in [-0.4, -0.2) is 102 Å². The molecule has 0 aromatic heterocycles. The molecule has 10 rings (SSSR count).